The van der Waals surface area contributed by atoms with Crippen molar-refractivity contribution in [2.24, 2.45) is 0 Å². The van der Waals surface area contributed by atoms with Crippen LogP contribution in [-0.4, -0.2) is 31.2 Å². The van der Waals surface area contributed by atoms with Crippen LogP contribution in [-0.2, 0) is 0 Å². The van der Waals surface area contributed by atoms with E-state index in [1.807, 2.05) is 12.1 Å². The summed E-state index contributed by atoms with van der Waals surface area (Å²) in [6.07, 6.45) is 1.72. The number of pyridine rings is 1. The fourth-order valence-corrected chi connectivity index (χ4v) is 1.58. The van der Waals surface area contributed by atoms with Crippen LogP contribution in [0.25, 0.3) is 0 Å². The molecule has 0 bridgehead atoms. The molecule has 1 fully saturated rings. The van der Waals surface area contributed by atoms with Gasteiger partial charge in [0, 0.05) is 32.4 Å². The van der Waals surface area contributed by atoms with Crippen molar-refractivity contribution in [1.82, 2.24) is 10.3 Å². The van der Waals surface area contributed by atoms with Crippen LogP contribution in [0.4, 0.5) is 11.5 Å². The molecular weight excluding hydrogens is 164 g/mol. The average molecular weight is 178 g/mol. The van der Waals surface area contributed by atoms with Crippen LogP contribution < -0.4 is 16.0 Å². The number of anilines is 2. The smallest absolute Gasteiger partial charge is 0.146 e. The van der Waals surface area contributed by atoms with Gasteiger partial charge in [0.2, 0.25) is 0 Å². The van der Waals surface area contributed by atoms with Crippen molar-refractivity contribution in [3.05, 3.63) is 18.3 Å². The Hall–Kier alpha value is -1.29. The van der Waals surface area contributed by atoms with Crippen LogP contribution in [0.15, 0.2) is 18.3 Å². The zero-order valence-corrected chi connectivity index (χ0v) is 7.53. The molecule has 3 N–H and O–H groups in total. The lowest BCUT2D eigenvalue weighted by molar-refractivity contribution is 0.589. The first-order valence-corrected chi connectivity index (χ1v) is 4.54. The Kier molecular flexibility index (Phi) is 2.31. The zero-order valence-electron chi connectivity index (χ0n) is 7.53. The van der Waals surface area contributed by atoms with Gasteiger partial charge in [0.25, 0.3) is 0 Å². The molecule has 13 heavy (non-hydrogen) atoms. The number of hydrogen-bond acceptors (Lipinski definition) is 4. The van der Waals surface area contributed by atoms with Crippen molar-refractivity contribution >= 4 is 11.5 Å². The maximum absolute atomic E-state index is 5.78. The molecule has 0 atom stereocenters. The van der Waals surface area contributed by atoms with Crippen molar-refractivity contribution in [3.8, 4) is 0 Å². The standard InChI is InChI=1S/C9H14N4/c10-9-8(2-1-3-12-9)13-6-4-11-5-7-13/h1-3,11H,4-7H2,(H2,10,12). The SMILES string of the molecule is Nc1ncccc1N1CCNCC1. The van der Waals surface area contributed by atoms with Crippen molar-refractivity contribution in [1.29, 1.82) is 0 Å². The van der Waals surface area contributed by atoms with E-state index in [1.54, 1.807) is 6.20 Å². The fraction of sp³-hybridized carbons (Fsp3) is 0.444. The number of hydrogen-bond donors (Lipinski definition) is 2. The topological polar surface area (TPSA) is 54.2 Å². The van der Waals surface area contributed by atoms with Crippen LogP contribution in [0.5, 0.6) is 0 Å². The lowest BCUT2D eigenvalue weighted by atomic mass is 10.3. The Morgan fingerprint density at radius 1 is 1.38 bits per heavy atom. The van der Waals surface area contributed by atoms with Gasteiger partial charge in [-0.25, -0.2) is 4.98 Å². The van der Waals surface area contributed by atoms with Gasteiger partial charge in [-0.05, 0) is 12.1 Å². The predicted octanol–water partition coefficient (Wildman–Crippen LogP) is 0.0734. The van der Waals surface area contributed by atoms with E-state index >= 15 is 0 Å². The minimum atomic E-state index is 0.629. The Labute approximate surface area is 77.8 Å². The van der Waals surface area contributed by atoms with E-state index in [4.69, 9.17) is 5.73 Å². The summed E-state index contributed by atoms with van der Waals surface area (Å²) >= 11 is 0. The van der Waals surface area contributed by atoms with Crippen molar-refractivity contribution < 1.29 is 0 Å². The van der Waals surface area contributed by atoms with Crippen LogP contribution in [0, 0.1) is 0 Å². The summed E-state index contributed by atoms with van der Waals surface area (Å²) in [6.45, 7) is 4.06. The Morgan fingerprint density at radius 3 is 2.85 bits per heavy atom. The molecule has 2 heterocycles. The molecule has 0 aromatic carbocycles. The average Bonchev–Trinajstić information content (AvgIpc) is 2.20. The van der Waals surface area contributed by atoms with E-state index in [1.165, 1.54) is 0 Å². The van der Waals surface area contributed by atoms with Crippen LogP contribution >= 0.6 is 0 Å². The van der Waals surface area contributed by atoms with Gasteiger partial charge in [-0.2, -0.15) is 0 Å². The number of aromatic nitrogens is 1. The molecule has 0 aliphatic carbocycles. The second kappa shape index (κ2) is 3.62. The molecule has 2 rings (SSSR count). The number of nitrogens with zero attached hydrogens (tertiary/aromatic N) is 2. The molecule has 4 heteroatoms. The Balaban J connectivity index is 2.18. The van der Waals surface area contributed by atoms with Gasteiger partial charge < -0.3 is 16.0 Å². The van der Waals surface area contributed by atoms with Gasteiger partial charge in [-0.15, -0.1) is 0 Å². The van der Waals surface area contributed by atoms with Gasteiger partial charge >= 0.3 is 0 Å². The molecule has 1 aliphatic heterocycles. The zero-order chi connectivity index (χ0) is 9.10. The molecule has 0 unspecified atom stereocenters. The number of rotatable bonds is 1. The highest BCUT2D eigenvalue weighted by Gasteiger charge is 2.12. The highest BCUT2D eigenvalue weighted by Crippen LogP contribution is 2.19. The molecule has 0 amide bonds. The summed E-state index contributed by atoms with van der Waals surface area (Å²) in [7, 11) is 0. The quantitative estimate of drug-likeness (QED) is 0.639. The summed E-state index contributed by atoms with van der Waals surface area (Å²) in [5.41, 5.74) is 6.84. The minimum Gasteiger partial charge on any atom is -0.382 e. The monoisotopic (exact) mass is 178 g/mol. The molecule has 1 aromatic heterocycles. The first-order valence-electron chi connectivity index (χ1n) is 4.54. The Bertz CT molecular complexity index is 281. The maximum Gasteiger partial charge on any atom is 0.146 e. The van der Waals surface area contributed by atoms with Crippen molar-refractivity contribution in [2.75, 3.05) is 36.8 Å². The molecule has 1 aromatic rings. The van der Waals surface area contributed by atoms with Gasteiger partial charge in [-0.3, -0.25) is 0 Å². The van der Waals surface area contributed by atoms with Crippen molar-refractivity contribution in [3.63, 3.8) is 0 Å². The highest BCUT2D eigenvalue weighted by molar-refractivity contribution is 5.63. The van der Waals surface area contributed by atoms with E-state index in [0.717, 1.165) is 31.9 Å². The van der Waals surface area contributed by atoms with E-state index in [2.05, 4.69) is 15.2 Å². The summed E-state index contributed by atoms with van der Waals surface area (Å²) in [6, 6.07) is 3.95. The second-order valence-electron chi connectivity index (χ2n) is 3.14. The maximum atomic E-state index is 5.78. The number of piperazine rings is 1. The number of nitrogens with two attached hydrogens (primary N) is 1. The van der Waals surface area contributed by atoms with Gasteiger partial charge in [0.05, 0.1) is 5.69 Å². The van der Waals surface area contributed by atoms with Crippen LogP contribution in [0.2, 0.25) is 0 Å². The summed E-state index contributed by atoms with van der Waals surface area (Å²) in [5, 5.41) is 3.30. The summed E-state index contributed by atoms with van der Waals surface area (Å²) in [5.74, 6) is 0.629. The minimum absolute atomic E-state index is 0.629. The van der Waals surface area contributed by atoms with E-state index in [9.17, 15) is 0 Å². The van der Waals surface area contributed by atoms with Crippen molar-refractivity contribution in [2.45, 2.75) is 0 Å². The molecule has 0 spiro atoms. The first kappa shape index (κ1) is 8.31. The summed E-state index contributed by atoms with van der Waals surface area (Å²) in [4.78, 5) is 6.33. The number of nitrogen functional groups attached to an aromatic ring is 1. The number of nitrogens with one attached hydrogen (secondary N) is 1. The molecule has 0 saturated carbocycles. The van der Waals surface area contributed by atoms with E-state index in [0.29, 0.717) is 5.82 Å². The van der Waals surface area contributed by atoms with Gasteiger partial charge in [0.15, 0.2) is 0 Å². The van der Waals surface area contributed by atoms with Gasteiger partial charge in [-0.1, -0.05) is 0 Å². The molecule has 4 nitrogen and oxygen atoms in total. The molecule has 70 valence electrons. The second-order valence-corrected chi connectivity index (χ2v) is 3.14. The van der Waals surface area contributed by atoms with E-state index in [-0.39, 0.29) is 0 Å². The lowest BCUT2D eigenvalue weighted by Crippen LogP contribution is -2.43. The molecule has 0 radical (unpaired) electrons. The summed E-state index contributed by atoms with van der Waals surface area (Å²) < 4.78 is 0. The largest absolute Gasteiger partial charge is 0.382 e. The van der Waals surface area contributed by atoms with Crippen LogP contribution in [0.1, 0.15) is 0 Å². The normalized spacial score (nSPS) is 17.4. The lowest BCUT2D eigenvalue weighted by Gasteiger charge is -2.29. The molecular formula is C9H14N4. The molecule has 1 saturated heterocycles. The third-order valence-electron chi connectivity index (χ3n) is 2.27. The van der Waals surface area contributed by atoms with Crippen LogP contribution in [0.3, 0.4) is 0 Å². The van der Waals surface area contributed by atoms with Gasteiger partial charge in [0.1, 0.15) is 5.82 Å². The first-order chi connectivity index (χ1) is 6.38. The molecule has 1 aliphatic rings. The fourth-order valence-electron chi connectivity index (χ4n) is 1.58. The third kappa shape index (κ3) is 1.72. The predicted molar refractivity (Wildman–Crippen MR) is 53.7 cm³/mol. The highest BCUT2D eigenvalue weighted by atomic mass is 15.2. The Morgan fingerprint density at radius 2 is 2.15 bits per heavy atom. The third-order valence-corrected chi connectivity index (χ3v) is 2.27. The van der Waals surface area contributed by atoms with E-state index < -0.39 is 0 Å².